The molecule has 5 heteroatoms. The highest BCUT2D eigenvalue weighted by Gasteiger charge is 2.14. The van der Waals surface area contributed by atoms with Crippen LogP contribution in [0, 0.1) is 11.3 Å². The van der Waals surface area contributed by atoms with E-state index < -0.39 is 0 Å². The minimum atomic E-state index is 0.684. The number of aryl methyl sites for hydroxylation is 1. The first-order chi connectivity index (χ1) is 9.28. The van der Waals surface area contributed by atoms with Crippen molar-refractivity contribution in [2.24, 2.45) is 7.05 Å². The average Bonchev–Trinajstić information content (AvgIpc) is 2.76. The molecule has 19 heavy (non-hydrogen) atoms. The number of nitrogens with zero attached hydrogens (tertiary/aromatic N) is 4. The molecule has 1 aromatic carbocycles. The van der Waals surface area contributed by atoms with E-state index in [1.54, 1.807) is 0 Å². The van der Waals surface area contributed by atoms with Gasteiger partial charge in [-0.1, -0.05) is 0 Å². The van der Waals surface area contributed by atoms with Crippen LogP contribution in [0.5, 0.6) is 0 Å². The van der Waals surface area contributed by atoms with Crippen LogP contribution in [-0.4, -0.2) is 40.6 Å². The number of hydrogen-bond donors (Lipinski definition) is 1. The smallest absolute Gasteiger partial charge is 0.123 e. The van der Waals surface area contributed by atoms with Crippen LogP contribution in [0.25, 0.3) is 11.0 Å². The summed E-state index contributed by atoms with van der Waals surface area (Å²) in [6.07, 6.45) is 0. The molecule has 1 aliphatic rings. The third-order valence-corrected chi connectivity index (χ3v) is 3.68. The van der Waals surface area contributed by atoms with E-state index in [9.17, 15) is 0 Å². The lowest BCUT2D eigenvalue weighted by atomic mass is 10.2. The second-order valence-electron chi connectivity index (χ2n) is 4.93. The minimum absolute atomic E-state index is 0.684. The van der Waals surface area contributed by atoms with Crippen molar-refractivity contribution in [2.45, 2.75) is 6.54 Å². The Morgan fingerprint density at radius 3 is 2.89 bits per heavy atom. The summed E-state index contributed by atoms with van der Waals surface area (Å²) in [4.78, 5) is 7.08. The number of nitrogens with one attached hydrogen (secondary N) is 1. The van der Waals surface area contributed by atoms with Crippen LogP contribution < -0.4 is 5.32 Å². The molecule has 0 aliphatic carbocycles. The predicted molar refractivity (Wildman–Crippen MR) is 73.6 cm³/mol. The van der Waals surface area contributed by atoms with Gasteiger partial charge in [0.1, 0.15) is 5.82 Å². The lowest BCUT2D eigenvalue weighted by Gasteiger charge is -2.26. The molecule has 0 bridgehead atoms. The summed E-state index contributed by atoms with van der Waals surface area (Å²) < 4.78 is 2.10. The van der Waals surface area contributed by atoms with Gasteiger partial charge in [-0.3, -0.25) is 4.90 Å². The van der Waals surface area contributed by atoms with E-state index >= 15 is 0 Å². The molecular formula is C14H17N5. The summed E-state index contributed by atoms with van der Waals surface area (Å²) in [6.45, 7) is 5.08. The molecule has 0 unspecified atom stereocenters. The minimum Gasteiger partial charge on any atom is -0.330 e. The Bertz CT molecular complexity index is 631. The van der Waals surface area contributed by atoms with Crippen molar-refractivity contribution in [3.8, 4) is 6.07 Å². The molecule has 1 saturated heterocycles. The SMILES string of the molecule is Cn1c(CN2CCNCC2)nc2ccc(C#N)cc21. The molecule has 1 N–H and O–H groups in total. The number of imidazole rings is 1. The van der Waals surface area contributed by atoms with Gasteiger partial charge in [0.05, 0.1) is 29.2 Å². The van der Waals surface area contributed by atoms with Gasteiger partial charge < -0.3 is 9.88 Å². The number of nitriles is 1. The molecule has 5 nitrogen and oxygen atoms in total. The fourth-order valence-electron chi connectivity index (χ4n) is 2.52. The summed E-state index contributed by atoms with van der Waals surface area (Å²) in [6, 6.07) is 7.83. The molecule has 3 rings (SSSR count). The van der Waals surface area contributed by atoms with E-state index in [4.69, 9.17) is 5.26 Å². The summed E-state index contributed by atoms with van der Waals surface area (Å²) in [5.74, 6) is 1.06. The first-order valence-electron chi connectivity index (χ1n) is 6.56. The number of benzene rings is 1. The van der Waals surface area contributed by atoms with Crippen LogP contribution in [0.3, 0.4) is 0 Å². The van der Waals surface area contributed by atoms with Gasteiger partial charge in [-0.15, -0.1) is 0 Å². The lowest BCUT2D eigenvalue weighted by molar-refractivity contribution is 0.226. The summed E-state index contributed by atoms with van der Waals surface area (Å²) >= 11 is 0. The van der Waals surface area contributed by atoms with Crippen molar-refractivity contribution < 1.29 is 0 Å². The summed E-state index contributed by atoms with van der Waals surface area (Å²) in [5, 5.41) is 12.3. The third-order valence-electron chi connectivity index (χ3n) is 3.68. The maximum Gasteiger partial charge on any atom is 0.123 e. The zero-order valence-electron chi connectivity index (χ0n) is 11.1. The van der Waals surface area contributed by atoms with E-state index in [0.29, 0.717) is 5.56 Å². The molecular weight excluding hydrogens is 238 g/mol. The monoisotopic (exact) mass is 255 g/mol. The molecule has 0 spiro atoms. The van der Waals surface area contributed by atoms with Gasteiger partial charge >= 0.3 is 0 Å². The van der Waals surface area contributed by atoms with Crippen molar-refractivity contribution in [3.05, 3.63) is 29.6 Å². The van der Waals surface area contributed by atoms with E-state index in [-0.39, 0.29) is 0 Å². The number of rotatable bonds is 2. The van der Waals surface area contributed by atoms with Gasteiger partial charge in [0.25, 0.3) is 0 Å². The Morgan fingerprint density at radius 2 is 2.16 bits per heavy atom. The first kappa shape index (κ1) is 12.2. The summed E-state index contributed by atoms with van der Waals surface area (Å²) in [5.41, 5.74) is 2.68. The fourth-order valence-corrected chi connectivity index (χ4v) is 2.52. The van der Waals surface area contributed by atoms with Crippen molar-refractivity contribution in [2.75, 3.05) is 26.2 Å². The van der Waals surface area contributed by atoms with Crippen LogP contribution in [0.4, 0.5) is 0 Å². The van der Waals surface area contributed by atoms with E-state index in [1.165, 1.54) is 0 Å². The highest BCUT2D eigenvalue weighted by Crippen LogP contribution is 2.17. The Kier molecular flexibility index (Phi) is 3.20. The fraction of sp³-hybridized carbons (Fsp3) is 0.429. The van der Waals surface area contributed by atoms with Crippen LogP contribution in [0.2, 0.25) is 0 Å². The average molecular weight is 255 g/mol. The number of hydrogen-bond acceptors (Lipinski definition) is 4. The van der Waals surface area contributed by atoms with Crippen molar-refractivity contribution in [1.82, 2.24) is 19.8 Å². The molecule has 0 amide bonds. The standard InChI is InChI=1S/C14H17N5/c1-18-13-8-11(9-15)2-3-12(13)17-14(18)10-19-6-4-16-5-7-19/h2-3,8,16H,4-7,10H2,1H3. The largest absolute Gasteiger partial charge is 0.330 e. The lowest BCUT2D eigenvalue weighted by Crippen LogP contribution is -2.43. The topological polar surface area (TPSA) is 56.9 Å². The van der Waals surface area contributed by atoms with Gasteiger partial charge in [0.2, 0.25) is 0 Å². The molecule has 2 heterocycles. The van der Waals surface area contributed by atoms with Gasteiger partial charge in [-0.2, -0.15) is 5.26 Å². The van der Waals surface area contributed by atoms with Gasteiger partial charge in [0.15, 0.2) is 0 Å². The van der Waals surface area contributed by atoms with E-state index in [1.807, 2.05) is 25.2 Å². The quantitative estimate of drug-likeness (QED) is 0.864. The molecule has 1 fully saturated rings. The van der Waals surface area contributed by atoms with Crippen LogP contribution in [-0.2, 0) is 13.6 Å². The second-order valence-corrected chi connectivity index (χ2v) is 4.93. The Morgan fingerprint density at radius 1 is 1.37 bits per heavy atom. The zero-order chi connectivity index (χ0) is 13.2. The molecule has 1 aromatic heterocycles. The highest BCUT2D eigenvalue weighted by atomic mass is 15.2. The number of aromatic nitrogens is 2. The highest BCUT2D eigenvalue weighted by molar-refractivity contribution is 5.77. The first-order valence-corrected chi connectivity index (χ1v) is 6.56. The Hall–Kier alpha value is -1.90. The van der Waals surface area contributed by atoms with Gasteiger partial charge in [0, 0.05) is 33.2 Å². The third kappa shape index (κ3) is 2.33. The van der Waals surface area contributed by atoms with Crippen LogP contribution in [0.15, 0.2) is 18.2 Å². The van der Waals surface area contributed by atoms with Crippen molar-refractivity contribution >= 4 is 11.0 Å². The maximum atomic E-state index is 8.96. The molecule has 0 radical (unpaired) electrons. The van der Waals surface area contributed by atoms with Crippen LogP contribution >= 0.6 is 0 Å². The molecule has 98 valence electrons. The Balaban J connectivity index is 1.91. The van der Waals surface area contributed by atoms with E-state index in [2.05, 4.69) is 25.8 Å². The van der Waals surface area contributed by atoms with E-state index in [0.717, 1.165) is 49.6 Å². The summed E-state index contributed by atoms with van der Waals surface area (Å²) in [7, 11) is 2.02. The molecule has 0 atom stereocenters. The number of piperazine rings is 1. The van der Waals surface area contributed by atoms with Gasteiger partial charge in [-0.25, -0.2) is 4.98 Å². The van der Waals surface area contributed by atoms with Crippen molar-refractivity contribution in [1.29, 1.82) is 5.26 Å². The molecule has 1 aliphatic heterocycles. The Labute approximate surface area is 112 Å². The normalized spacial score (nSPS) is 16.6. The second kappa shape index (κ2) is 5.00. The van der Waals surface area contributed by atoms with Crippen molar-refractivity contribution in [3.63, 3.8) is 0 Å². The number of fused-ring (bicyclic) bond motifs is 1. The maximum absolute atomic E-state index is 8.96. The van der Waals surface area contributed by atoms with Crippen LogP contribution in [0.1, 0.15) is 11.4 Å². The molecule has 2 aromatic rings. The predicted octanol–water partition coefficient (Wildman–Crippen LogP) is 0.850. The zero-order valence-corrected chi connectivity index (χ0v) is 11.1. The molecule has 0 saturated carbocycles. The van der Waals surface area contributed by atoms with Gasteiger partial charge in [-0.05, 0) is 18.2 Å².